The van der Waals surface area contributed by atoms with Crippen LogP contribution in [0.3, 0.4) is 0 Å². The Morgan fingerprint density at radius 2 is 1.45 bits per heavy atom. The van der Waals surface area contributed by atoms with Crippen LogP contribution in [0.15, 0.2) is 18.2 Å². The van der Waals surface area contributed by atoms with Crippen LogP contribution in [0.4, 0.5) is 58.4 Å². The number of hydrogen-bond donors (Lipinski definition) is 0. The molecule has 18 heteroatoms. The van der Waals surface area contributed by atoms with Gasteiger partial charge in [0.05, 0.1) is 11.5 Å². The lowest BCUT2D eigenvalue weighted by atomic mass is 10.1. The average molecular weight is 504 g/mol. The molecule has 184 valence electrons. The number of rotatable bonds is 6. The zero-order chi connectivity index (χ0) is 25.8. The number of benzene rings is 1. The van der Waals surface area contributed by atoms with Crippen molar-refractivity contribution < 1.29 is 57.6 Å². The van der Waals surface area contributed by atoms with E-state index in [4.69, 9.17) is 0 Å². The molecule has 0 aliphatic rings. The molecule has 1 aromatic heterocycles. The van der Waals surface area contributed by atoms with E-state index < -0.39 is 69.2 Å². The number of hydrogen-bond acceptors (Lipinski definition) is 4. The van der Waals surface area contributed by atoms with E-state index in [1.54, 1.807) is 0 Å². The van der Waals surface area contributed by atoms with Crippen molar-refractivity contribution in [2.75, 3.05) is 0 Å². The summed E-state index contributed by atoms with van der Waals surface area (Å²) in [6, 6.07) is 2.33. The van der Waals surface area contributed by atoms with Crippen LogP contribution in [0, 0.1) is 17.0 Å². The predicted octanol–water partition coefficient (Wildman–Crippen LogP) is 5.49. The molecule has 2 rings (SSSR count). The fraction of sp³-hybridized carbons (Fsp3) is 0.467. The van der Waals surface area contributed by atoms with Crippen molar-refractivity contribution in [2.24, 2.45) is 0 Å². The van der Waals surface area contributed by atoms with Crippen molar-refractivity contribution in [3.63, 3.8) is 0 Å². The van der Waals surface area contributed by atoms with Crippen molar-refractivity contribution in [1.29, 1.82) is 0 Å². The van der Waals surface area contributed by atoms with E-state index >= 15 is 0 Å². The van der Waals surface area contributed by atoms with Crippen molar-refractivity contribution in [3.05, 3.63) is 51.1 Å². The first kappa shape index (κ1) is 26.2. The van der Waals surface area contributed by atoms with E-state index in [1.165, 1.54) is 0 Å². The third-order valence-electron chi connectivity index (χ3n) is 4.13. The van der Waals surface area contributed by atoms with E-state index in [9.17, 15) is 62.8 Å². The van der Waals surface area contributed by atoms with Gasteiger partial charge in [-0.15, -0.1) is 5.10 Å². The zero-order valence-electron chi connectivity index (χ0n) is 15.6. The van der Waals surface area contributed by atoms with Crippen molar-refractivity contribution in [1.82, 2.24) is 14.8 Å². The van der Waals surface area contributed by atoms with Crippen molar-refractivity contribution in [3.8, 4) is 0 Å². The van der Waals surface area contributed by atoms with E-state index in [-0.39, 0.29) is 5.56 Å². The lowest BCUT2D eigenvalue weighted by Crippen LogP contribution is -2.51. The Hall–Kier alpha value is -3.08. The molecule has 0 aliphatic carbocycles. The van der Waals surface area contributed by atoms with Gasteiger partial charge in [0.1, 0.15) is 0 Å². The molecule has 1 heterocycles. The smallest absolute Gasteiger partial charge is 0.258 e. The molecule has 0 amide bonds. The van der Waals surface area contributed by atoms with Gasteiger partial charge >= 0.3 is 30.1 Å². The van der Waals surface area contributed by atoms with Gasteiger partial charge < -0.3 is 0 Å². The number of aromatic nitrogens is 3. The van der Waals surface area contributed by atoms with Gasteiger partial charge in [-0.25, -0.2) is 9.67 Å². The SMILES string of the molecule is Cc1cc(Cn2nc(C(F)(F)C(F)(F)F)nc2C(F)(F)C(F)(F)C(F)(F)F)ccc1[N+](=O)[O-]. The summed E-state index contributed by atoms with van der Waals surface area (Å²) in [7, 11) is 0. The molecule has 0 N–H and O–H groups in total. The third kappa shape index (κ3) is 4.41. The number of halogens is 12. The van der Waals surface area contributed by atoms with Gasteiger partial charge in [0, 0.05) is 11.6 Å². The fourth-order valence-electron chi connectivity index (χ4n) is 2.46. The quantitative estimate of drug-likeness (QED) is 0.297. The van der Waals surface area contributed by atoms with Crippen LogP contribution in [0.2, 0.25) is 0 Å². The third-order valence-corrected chi connectivity index (χ3v) is 4.13. The number of nitrogens with zero attached hydrogens (tertiary/aromatic N) is 4. The maximum atomic E-state index is 14.1. The van der Waals surface area contributed by atoms with E-state index in [1.807, 2.05) is 4.98 Å². The van der Waals surface area contributed by atoms with Gasteiger partial charge in [0.15, 0.2) is 0 Å². The summed E-state index contributed by atoms with van der Waals surface area (Å²) < 4.78 is 157. The first-order valence-electron chi connectivity index (χ1n) is 8.11. The monoisotopic (exact) mass is 504 g/mol. The van der Waals surface area contributed by atoms with E-state index in [0.29, 0.717) is 0 Å². The normalized spacial score (nSPS) is 14.0. The second kappa shape index (κ2) is 7.75. The van der Waals surface area contributed by atoms with Crippen LogP contribution in [0.5, 0.6) is 0 Å². The molecule has 2 aromatic rings. The molecule has 0 bridgehead atoms. The molecule has 6 nitrogen and oxygen atoms in total. The number of aryl methyl sites for hydroxylation is 1. The summed E-state index contributed by atoms with van der Waals surface area (Å²) in [5, 5.41) is 13.2. The fourth-order valence-corrected chi connectivity index (χ4v) is 2.46. The number of alkyl halides is 12. The molecule has 0 unspecified atom stereocenters. The van der Waals surface area contributed by atoms with Crippen LogP contribution < -0.4 is 0 Å². The Bertz CT molecular complexity index is 1060. The predicted molar refractivity (Wildman–Crippen MR) is 81.8 cm³/mol. The first-order chi connectivity index (χ1) is 14.6. The minimum absolute atomic E-state index is 0.188. The summed E-state index contributed by atoms with van der Waals surface area (Å²) in [4.78, 5) is 11.9. The molecule has 1 aromatic carbocycles. The maximum Gasteiger partial charge on any atom is 0.461 e. The molecule has 0 saturated carbocycles. The molecule has 0 aliphatic heterocycles. The molecule has 0 spiro atoms. The Kier molecular flexibility index (Phi) is 6.15. The highest BCUT2D eigenvalue weighted by Gasteiger charge is 2.76. The largest absolute Gasteiger partial charge is 0.461 e. The van der Waals surface area contributed by atoms with Crippen LogP contribution in [0.25, 0.3) is 0 Å². The van der Waals surface area contributed by atoms with Gasteiger partial charge in [-0.2, -0.15) is 52.7 Å². The summed E-state index contributed by atoms with van der Waals surface area (Å²) in [5.41, 5.74) is -1.14. The maximum absolute atomic E-state index is 14.1. The number of nitro groups is 1. The Balaban J connectivity index is 2.71. The average Bonchev–Trinajstić information content (AvgIpc) is 3.04. The number of nitro benzene ring substituents is 1. The van der Waals surface area contributed by atoms with Crippen LogP contribution in [-0.2, 0) is 18.4 Å². The Morgan fingerprint density at radius 1 is 0.909 bits per heavy atom. The first-order valence-corrected chi connectivity index (χ1v) is 8.11. The standard InChI is InChI=1S/C15H8F12N4O2/c1-6-4-7(2-3-8(6)31(32)33)5-30-10(12(18,19)13(20,21)15(25,26)27)28-9(29-30)11(16,17)14(22,23)24/h2-4H,5H2,1H3. The van der Waals surface area contributed by atoms with Crippen LogP contribution >= 0.6 is 0 Å². The zero-order valence-corrected chi connectivity index (χ0v) is 15.6. The highest BCUT2D eigenvalue weighted by molar-refractivity contribution is 5.41. The highest BCUT2D eigenvalue weighted by atomic mass is 19.4. The second-order valence-electron chi connectivity index (χ2n) is 6.51. The van der Waals surface area contributed by atoms with Crippen molar-refractivity contribution in [2.45, 2.75) is 43.6 Å². The molecular weight excluding hydrogens is 496 g/mol. The van der Waals surface area contributed by atoms with Gasteiger partial charge in [-0.3, -0.25) is 10.1 Å². The van der Waals surface area contributed by atoms with E-state index in [0.717, 1.165) is 25.1 Å². The summed E-state index contributed by atoms with van der Waals surface area (Å²) in [6.45, 7) is -0.266. The minimum atomic E-state index is -6.95. The molecule has 33 heavy (non-hydrogen) atoms. The van der Waals surface area contributed by atoms with Gasteiger partial charge in [0.2, 0.25) is 11.6 Å². The highest BCUT2D eigenvalue weighted by Crippen LogP contribution is 2.52. The summed E-state index contributed by atoms with van der Waals surface area (Å²) in [6.07, 6.45) is -13.5. The van der Waals surface area contributed by atoms with Crippen LogP contribution in [-0.4, -0.2) is 38.0 Å². The van der Waals surface area contributed by atoms with E-state index in [2.05, 4.69) is 5.10 Å². The van der Waals surface area contributed by atoms with Crippen molar-refractivity contribution >= 4 is 5.69 Å². The topological polar surface area (TPSA) is 73.8 Å². The Labute approximate surface area is 174 Å². The van der Waals surface area contributed by atoms with Gasteiger partial charge in [-0.05, 0) is 18.6 Å². The lowest BCUT2D eigenvalue weighted by molar-refractivity contribution is -0.385. The van der Waals surface area contributed by atoms with Crippen LogP contribution in [0.1, 0.15) is 22.8 Å². The van der Waals surface area contributed by atoms with Gasteiger partial charge in [-0.1, -0.05) is 6.07 Å². The lowest BCUT2D eigenvalue weighted by Gasteiger charge is -2.27. The molecule has 0 fully saturated rings. The van der Waals surface area contributed by atoms with Gasteiger partial charge in [0.25, 0.3) is 5.69 Å². The summed E-state index contributed by atoms with van der Waals surface area (Å²) >= 11 is 0. The molecule has 0 saturated heterocycles. The summed E-state index contributed by atoms with van der Waals surface area (Å²) in [5.74, 6) is -25.1. The molecular formula is C15H8F12N4O2. The molecule has 0 radical (unpaired) electrons. The second-order valence-corrected chi connectivity index (χ2v) is 6.51. The minimum Gasteiger partial charge on any atom is -0.258 e. The molecule has 0 atom stereocenters. The Morgan fingerprint density at radius 3 is 1.88 bits per heavy atom.